The number of piperazine rings is 1. The molecule has 2 heterocycles. The molecule has 2 N–H and O–H groups in total. The molecule has 0 spiro atoms. The fourth-order valence-electron chi connectivity index (χ4n) is 3.57. The molecule has 1 amide bonds. The highest BCUT2D eigenvalue weighted by molar-refractivity contribution is 5.78. The maximum absolute atomic E-state index is 12.7. The van der Waals surface area contributed by atoms with E-state index in [1.54, 1.807) is 0 Å². The monoisotopic (exact) mass is 316 g/mol. The van der Waals surface area contributed by atoms with Gasteiger partial charge >= 0.3 is 0 Å². The Hall–Kier alpha value is -1.43. The lowest BCUT2D eigenvalue weighted by Gasteiger charge is -2.36. The van der Waals surface area contributed by atoms with E-state index in [2.05, 4.69) is 46.8 Å². The van der Waals surface area contributed by atoms with Crippen molar-refractivity contribution < 1.29 is 4.79 Å². The van der Waals surface area contributed by atoms with Gasteiger partial charge in [-0.05, 0) is 38.5 Å². The smallest absolute Gasteiger partial charge is 0.236 e. The van der Waals surface area contributed by atoms with E-state index in [1.165, 1.54) is 5.56 Å². The number of nitrogens with zero attached hydrogens (tertiary/aromatic N) is 2. The van der Waals surface area contributed by atoms with Gasteiger partial charge in [-0.2, -0.15) is 0 Å². The zero-order valence-electron chi connectivity index (χ0n) is 14.0. The quantitative estimate of drug-likeness (QED) is 0.864. The maximum atomic E-state index is 12.7. The van der Waals surface area contributed by atoms with Crippen LogP contribution in [0.3, 0.4) is 0 Å². The van der Waals surface area contributed by atoms with E-state index >= 15 is 0 Å². The molecule has 126 valence electrons. The average molecular weight is 316 g/mol. The first-order chi connectivity index (χ1) is 11.2. The zero-order chi connectivity index (χ0) is 16.1. The van der Waals surface area contributed by atoms with Gasteiger partial charge in [0.2, 0.25) is 5.91 Å². The van der Waals surface area contributed by atoms with E-state index in [1.807, 2.05) is 11.0 Å². The molecule has 2 saturated heterocycles. The molecule has 0 aliphatic carbocycles. The summed E-state index contributed by atoms with van der Waals surface area (Å²) in [6, 6.07) is 11.2. The molecular formula is C18H28N4O. The van der Waals surface area contributed by atoms with Crippen molar-refractivity contribution in [2.45, 2.75) is 24.9 Å². The molecule has 2 fully saturated rings. The highest BCUT2D eigenvalue weighted by atomic mass is 16.2. The lowest BCUT2D eigenvalue weighted by Crippen LogP contribution is -2.52. The molecule has 1 aromatic carbocycles. The van der Waals surface area contributed by atoms with Gasteiger partial charge in [0.1, 0.15) is 0 Å². The van der Waals surface area contributed by atoms with E-state index in [0.717, 1.165) is 45.6 Å². The van der Waals surface area contributed by atoms with Crippen LogP contribution in [0.4, 0.5) is 0 Å². The van der Waals surface area contributed by atoms with Crippen molar-refractivity contribution >= 4 is 5.91 Å². The average Bonchev–Trinajstić information content (AvgIpc) is 2.63. The summed E-state index contributed by atoms with van der Waals surface area (Å²) in [7, 11) is 2.09. The Labute approximate surface area is 139 Å². The van der Waals surface area contributed by atoms with Crippen molar-refractivity contribution in [2.75, 3.05) is 46.3 Å². The normalized spacial score (nSPS) is 23.2. The summed E-state index contributed by atoms with van der Waals surface area (Å²) in [5.74, 6) is 0.258. The number of nitrogens with one attached hydrogen (secondary N) is 2. The molecule has 23 heavy (non-hydrogen) atoms. The highest BCUT2D eigenvalue weighted by Crippen LogP contribution is 2.17. The first kappa shape index (κ1) is 16.4. The van der Waals surface area contributed by atoms with E-state index in [-0.39, 0.29) is 11.9 Å². The molecule has 2 aliphatic rings. The Morgan fingerprint density at radius 1 is 1.22 bits per heavy atom. The molecule has 5 nitrogen and oxygen atoms in total. The second-order valence-electron chi connectivity index (χ2n) is 6.65. The van der Waals surface area contributed by atoms with Gasteiger partial charge in [0, 0.05) is 31.7 Å². The van der Waals surface area contributed by atoms with Crippen molar-refractivity contribution in [3.63, 3.8) is 0 Å². The minimum atomic E-state index is 0.248. The summed E-state index contributed by atoms with van der Waals surface area (Å²) in [6.07, 6.45) is 2.27. The minimum Gasteiger partial charge on any atom is -0.338 e. The van der Waals surface area contributed by atoms with Gasteiger partial charge in [-0.1, -0.05) is 30.3 Å². The predicted octanol–water partition coefficient (Wildman–Crippen LogP) is 0.843. The third-order valence-corrected chi connectivity index (χ3v) is 5.05. The fourth-order valence-corrected chi connectivity index (χ4v) is 3.57. The molecular weight excluding hydrogens is 288 g/mol. The predicted molar refractivity (Wildman–Crippen MR) is 92.3 cm³/mol. The Morgan fingerprint density at radius 3 is 2.70 bits per heavy atom. The van der Waals surface area contributed by atoms with E-state index in [4.69, 9.17) is 0 Å². The Balaban J connectivity index is 1.54. The van der Waals surface area contributed by atoms with Crippen LogP contribution in [-0.2, 0) is 4.79 Å². The van der Waals surface area contributed by atoms with Gasteiger partial charge in [0.25, 0.3) is 0 Å². The summed E-state index contributed by atoms with van der Waals surface area (Å²) in [4.78, 5) is 16.9. The fraction of sp³-hybridized carbons (Fsp3) is 0.611. The van der Waals surface area contributed by atoms with Crippen molar-refractivity contribution in [3.05, 3.63) is 35.9 Å². The number of hydrogen-bond donors (Lipinski definition) is 2. The topological polar surface area (TPSA) is 47.6 Å². The van der Waals surface area contributed by atoms with Crippen LogP contribution < -0.4 is 10.6 Å². The van der Waals surface area contributed by atoms with Crippen LogP contribution in [0.2, 0.25) is 0 Å². The standard InChI is InChI=1S/C18H28N4O/c1-21(16-7-9-19-10-8-16)14-18(23)22-12-11-20-17(13-22)15-5-3-2-4-6-15/h2-6,16-17,19-20H,7-14H2,1H3. The first-order valence-electron chi connectivity index (χ1n) is 8.71. The Kier molecular flexibility index (Phi) is 5.65. The molecule has 1 aromatic rings. The molecule has 1 atom stereocenters. The third-order valence-electron chi connectivity index (χ3n) is 5.05. The molecule has 1 unspecified atom stereocenters. The second kappa shape index (κ2) is 7.90. The number of carbonyl (C=O) groups is 1. The number of benzene rings is 1. The molecule has 0 radical (unpaired) electrons. The highest BCUT2D eigenvalue weighted by Gasteiger charge is 2.26. The molecule has 5 heteroatoms. The lowest BCUT2D eigenvalue weighted by atomic mass is 10.0. The van der Waals surface area contributed by atoms with Crippen molar-refractivity contribution in [3.8, 4) is 0 Å². The number of carbonyl (C=O) groups excluding carboxylic acids is 1. The summed E-state index contributed by atoms with van der Waals surface area (Å²) in [5, 5.41) is 6.90. The van der Waals surface area contributed by atoms with E-state index in [9.17, 15) is 4.79 Å². The number of hydrogen-bond acceptors (Lipinski definition) is 4. The Bertz CT molecular complexity index is 501. The molecule has 3 rings (SSSR count). The molecule has 0 bridgehead atoms. The molecule has 0 aromatic heterocycles. The Morgan fingerprint density at radius 2 is 1.96 bits per heavy atom. The van der Waals surface area contributed by atoms with Gasteiger partial charge in [-0.3, -0.25) is 9.69 Å². The zero-order valence-corrected chi connectivity index (χ0v) is 14.0. The minimum absolute atomic E-state index is 0.248. The molecule has 2 aliphatic heterocycles. The number of likely N-dealkylation sites (N-methyl/N-ethyl adjacent to an activating group) is 1. The van der Waals surface area contributed by atoms with Gasteiger partial charge in [0.05, 0.1) is 6.54 Å². The van der Waals surface area contributed by atoms with E-state index < -0.39 is 0 Å². The van der Waals surface area contributed by atoms with Crippen molar-refractivity contribution in [1.82, 2.24) is 20.4 Å². The third kappa shape index (κ3) is 4.31. The summed E-state index contributed by atoms with van der Waals surface area (Å²) >= 11 is 0. The largest absolute Gasteiger partial charge is 0.338 e. The van der Waals surface area contributed by atoms with Crippen LogP contribution >= 0.6 is 0 Å². The van der Waals surface area contributed by atoms with Gasteiger partial charge < -0.3 is 15.5 Å². The van der Waals surface area contributed by atoms with Crippen LogP contribution in [0.1, 0.15) is 24.4 Å². The number of rotatable bonds is 4. The molecule has 0 saturated carbocycles. The first-order valence-corrected chi connectivity index (χ1v) is 8.71. The maximum Gasteiger partial charge on any atom is 0.236 e. The number of amides is 1. The second-order valence-corrected chi connectivity index (χ2v) is 6.65. The van der Waals surface area contributed by atoms with Crippen LogP contribution in [-0.4, -0.2) is 68.1 Å². The summed E-state index contributed by atoms with van der Waals surface area (Å²) in [6.45, 7) is 5.10. The summed E-state index contributed by atoms with van der Waals surface area (Å²) in [5.41, 5.74) is 1.26. The van der Waals surface area contributed by atoms with Gasteiger partial charge in [-0.15, -0.1) is 0 Å². The van der Waals surface area contributed by atoms with Crippen molar-refractivity contribution in [1.29, 1.82) is 0 Å². The van der Waals surface area contributed by atoms with Crippen LogP contribution in [0.25, 0.3) is 0 Å². The van der Waals surface area contributed by atoms with Crippen molar-refractivity contribution in [2.24, 2.45) is 0 Å². The van der Waals surface area contributed by atoms with Crippen LogP contribution in [0.15, 0.2) is 30.3 Å². The lowest BCUT2D eigenvalue weighted by molar-refractivity contribution is -0.134. The van der Waals surface area contributed by atoms with Crippen LogP contribution in [0, 0.1) is 0 Å². The number of piperidine rings is 1. The van der Waals surface area contributed by atoms with Gasteiger partial charge in [0.15, 0.2) is 0 Å². The SMILES string of the molecule is CN(CC(=O)N1CCNC(c2ccccc2)C1)C1CCNCC1. The van der Waals surface area contributed by atoms with E-state index in [0.29, 0.717) is 12.6 Å². The van der Waals surface area contributed by atoms with Crippen LogP contribution in [0.5, 0.6) is 0 Å². The van der Waals surface area contributed by atoms with Gasteiger partial charge in [-0.25, -0.2) is 0 Å². The summed E-state index contributed by atoms with van der Waals surface area (Å²) < 4.78 is 0.